The Labute approximate surface area is 181 Å². The lowest BCUT2D eigenvalue weighted by Gasteiger charge is -2.24. The van der Waals surface area contributed by atoms with Gasteiger partial charge in [0, 0.05) is 28.4 Å². The van der Waals surface area contributed by atoms with Crippen molar-refractivity contribution in [2.75, 3.05) is 13.7 Å². The molecule has 5 rings (SSSR count). The van der Waals surface area contributed by atoms with Crippen LogP contribution in [0.25, 0.3) is 21.8 Å². The zero-order valence-corrected chi connectivity index (χ0v) is 17.9. The Morgan fingerprint density at radius 3 is 2.74 bits per heavy atom. The lowest BCUT2D eigenvalue weighted by Crippen LogP contribution is -2.25. The van der Waals surface area contributed by atoms with Crippen LogP contribution in [0.2, 0.25) is 0 Å². The van der Waals surface area contributed by atoms with E-state index in [1.54, 1.807) is 7.11 Å². The predicted molar refractivity (Wildman–Crippen MR) is 122 cm³/mol. The molecule has 0 amide bonds. The summed E-state index contributed by atoms with van der Waals surface area (Å²) in [6, 6.07) is 16.5. The van der Waals surface area contributed by atoms with Gasteiger partial charge in [-0.15, -0.1) is 0 Å². The van der Waals surface area contributed by atoms with Crippen molar-refractivity contribution in [3.05, 3.63) is 71.0 Å². The van der Waals surface area contributed by atoms with E-state index in [1.165, 1.54) is 21.9 Å². The van der Waals surface area contributed by atoms with Crippen molar-refractivity contribution in [1.29, 1.82) is 0 Å². The number of para-hydroxylation sites is 1. The quantitative estimate of drug-likeness (QED) is 0.468. The SMILES string of the molecule is CCOC(=O)C1CCc2nc(Cc3ccc(OC)cc3)c3[nH]c4ccccc4c3c2C1. The van der Waals surface area contributed by atoms with Crippen molar-refractivity contribution in [2.45, 2.75) is 32.6 Å². The van der Waals surface area contributed by atoms with E-state index >= 15 is 0 Å². The van der Waals surface area contributed by atoms with E-state index in [1.807, 2.05) is 25.1 Å². The molecule has 1 unspecified atom stereocenters. The Morgan fingerprint density at radius 1 is 1.16 bits per heavy atom. The Hall–Kier alpha value is -3.34. The van der Waals surface area contributed by atoms with Crippen molar-refractivity contribution >= 4 is 27.8 Å². The van der Waals surface area contributed by atoms with Crippen LogP contribution in [-0.4, -0.2) is 29.7 Å². The molecule has 158 valence electrons. The molecule has 1 N–H and O–H groups in total. The van der Waals surface area contributed by atoms with Crippen LogP contribution in [0.3, 0.4) is 0 Å². The number of aryl methyl sites for hydroxylation is 1. The summed E-state index contributed by atoms with van der Waals surface area (Å²) in [5.41, 5.74) is 6.71. The number of aromatic amines is 1. The number of hydrogen-bond donors (Lipinski definition) is 1. The summed E-state index contributed by atoms with van der Waals surface area (Å²) in [6.45, 7) is 2.28. The van der Waals surface area contributed by atoms with Crippen LogP contribution in [0, 0.1) is 5.92 Å². The van der Waals surface area contributed by atoms with Crippen LogP contribution in [0.4, 0.5) is 0 Å². The number of rotatable bonds is 5. The van der Waals surface area contributed by atoms with E-state index < -0.39 is 0 Å². The molecule has 1 aliphatic carbocycles. The molecule has 0 spiro atoms. The van der Waals surface area contributed by atoms with Gasteiger partial charge in [0.2, 0.25) is 0 Å². The first-order valence-electron chi connectivity index (χ1n) is 10.9. The molecule has 0 radical (unpaired) electrons. The monoisotopic (exact) mass is 414 g/mol. The first kappa shape index (κ1) is 19.6. The highest BCUT2D eigenvalue weighted by atomic mass is 16.5. The van der Waals surface area contributed by atoms with E-state index in [9.17, 15) is 4.79 Å². The highest BCUT2D eigenvalue weighted by molar-refractivity contribution is 6.10. The second-order valence-corrected chi connectivity index (χ2v) is 8.12. The Bertz CT molecular complexity index is 1260. The summed E-state index contributed by atoms with van der Waals surface area (Å²) in [4.78, 5) is 21.2. The third kappa shape index (κ3) is 3.54. The number of pyridine rings is 1. The van der Waals surface area contributed by atoms with E-state index in [0.717, 1.165) is 47.4 Å². The van der Waals surface area contributed by atoms with E-state index in [4.69, 9.17) is 14.5 Å². The number of nitrogens with one attached hydrogen (secondary N) is 1. The Morgan fingerprint density at radius 2 is 1.97 bits per heavy atom. The molecule has 0 fully saturated rings. The van der Waals surface area contributed by atoms with Gasteiger partial charge in [0.25, 0.3) is 0 Å². The Kier molecular flexibility index (Phi) is 5.10. The number of aromatic nitrogens is 2. The minimum absolute atomic E-state index is 0.0940. The van der Waals surface area contributed by atoms with E-state index in [0.29, 0.717) is 13.0 Å². The van der Waals surface area contributed by atoms with E-state index in [2.05, 4.69) is 35.3 Å². The van der Waals surface area contributed by atoms with Gasteiger partial charge in [0.15, 0.2) is 0 Å². The van der Waals surface area contributed by atoms with Crippen LogP contribution in [-0.2, 0) is 28.8 Å². The number of fused-ring (bicyclic) bond motifs is 5. The molecule has 2 aromatic carbocycles. The summed E-state index contributed by atoms with van der Waals surface area (Å²) >= 11 is 0. The van der Waals surface area contributed by atoms with Gasteiger partial charge in [0.1, 0.15) is 5.75 Å². The lowest BCUT2D eigenvalue weighted by atomic mass is 9.84. The van der Waals surface area contributed by atoms with Crippen LogP contribution in [0.5, 0.6) is 5.75 Å². The van der Waals surface area contributed by atoms with Gasteiger partial charge in [0.05, 0.1) is 30.8 Å². The topological polar surface area (TPSA) is 64.2 Å². The second-order valence-electron chi connectivity index (χ2n) is 8.12. The zero-order chi connectivity index (χ0) is 21.4. The predicted octanol–water partition coefficient (Wildman–Crippen LogP) is 4.98. The fourth-order valence-electron chi connectivity index (χ4n) is 4.71. The summed E-state index contributed by atoms with van der Waals surface area (Å²) in [6.07, 6.45) is 3.00. The number of carbonyl (C=O) groups excluding carboxylic acids is 1. The fourth-order valence-corrected chi connectivity index (χ4v) is 4.71. The number of H-pyrrole nitrogens is 1. The second kappa shape index (κ2) is 8.06. The molecule has 0 bridgehead atoms. The smallest absolute Gasteiger partial charge is 0.309 e. The van der Waals surface area contributed by atoms with Crippen molar-refractivity contribution < 1.29 is 14.3 Å². The number of nitrogens with zero attached hydrogens (tertiary/aromatic N) is 1. The van der Waals surface area contributed by atoms with Crippen LogP contribution in [0.15, 0.2) is 48.5 Å². The number of esters is 1. The molecular weight excluding hydrogens is 388 g/mol. The molecular formula is C26H26N2O3. The van der Waals surface area contributed by atoms with Gasteiger partial charge in [-0.3, -0.25) is 9.78 Å². The van der Waals surface area contributed by atoms with Gasteiger partial charge in [-0.25, -0.2) is 0 Å². The largest absolute Gasteiger partial charge is 0.497 e. The number of benzene rings is 2. The van der Waals surface area contributed by atoms with Gasteiger partial charge in [-0.05, 0) is 55.5 Å². The molecule has 0 saturated heterocycles. The van der Waals surface area contributed by atoms with Crippen LogP contribution < -0.4 is 4.74 Å². The average Bonchev–Trinajstić information content (AvgIpc) is 3.20. The van der Waals surface area contributed by atoms with Crippen LogP contribution >= 0.6 is 0 Å². The van der Waals surface area contributed by atoms with Crippen molar-refractivity contribution in [3.63, 3.8) is 0 Å². The van der Waals surface area contributed by atoms with Crippen molar-refractivity contribution in [3.8, 4) is 5.75 Å². The molecule has 5 nitrogen and oxygen atoms in total. The third-order valence-electron chi connectivity index (χ3n) is 6.25. The maximum absolute atomic E-state index is 12.4. The molecule has 1 atom stereocenters. The first-order chi connectivity index (χ1) is 15.2. The minimum atomic E-state index is -0.0986. The zero-order valence-electron chi connectivity index (χ0n) is 17.9. The molecule has 5 heteroatoms. The molecule has 4 aromatic rings. The summed E-state index contributed by atoms with van der Waals surface area (Å²) in [5, 5.41) is 2.40. The normalized spacial score (nSPS) is 15.7. The van der Waals surface area contributed by atoms with Gasteiger partial charge >= 0.3 is 5.97 Å². The third-order valence-corrected chi connectivity index (χ3v) is 6.25. The van der Waals surface area contributed by atoms with Gasteiger partial charge in [-0.2, -0.15) is 0 Å². The maximum atomic E-state index is 12.4. The van der Waals surface area contributed by atoms with Crippen molar-refractivity contribution in [1.82, 2.24) is 9.97 Å². The first-order valence-corrected chi connectivity index (χ1v) is 10.9. The summed E-state index contributed by atoms with van der Waals surface area (Å²) in [7, 11) is 1.68. The molecule has 2 heterocycles. The molecule has 0 saturated carbocycles. The van der Waals surface area contributed by atoms with Crippen LogP contribution in [0.1, 0.15) is 35.9 Å². The highest BCUT2D eigenvalue weighted by Crippen LogP contribution is 2.37. The van der Waals surface area contributed by atoms with Crippen molar-refractivity contribution in [2.24, 2.45) is 5.92 Å². The molecule has 0 aliphatic heterocycles. The summed E-state index contributed by atoms with van der Waals surface area (Å²) < 4.78 is 10.6. The molecule has 31 heavy (non-hydrogen) atoms. The maximum Gasteiger partial charge on any atom is 0.309 e. The minimum Gasteiger partial charge on any atom is -0.497 e. The van der Waals surface area contributed by atoms with E-state index in [-0.39, 0.29) is 11.9 Å². The Balaban J connectivity index is 1.63. The molecule has 1 aliphatic rings. The van der Waals surface area contributed by atoms with Gasteiger partial charge in [-0.1, -0.05) is 30.3 Å². The number of methoxy groups -OCH3 is 1. The number of ether oxygens (including phenoxy) is 2. The highest BCUT2D eigenvalue weighted by Gasteiger charge is 2.30. The number of carbonyl (C=O) groups is 1. The standard InChI is InChI=1S/C26H26N2O3/c1-3-31-26(29)17-10-13-22-20(15-17)24-19-6-4-5-7-21(19)28-25(24)23(27-22)14-16-8-11-18(30-2)12-9-16/h4-9,11-12,17,28H,3,10,13-15H2,1-2H3. The lowest BCUT2D eigenvalue weighted by molar-refractivity contribution is -0.148. The fraction of sp³-hybridized carbons (Fsp3) is 0.308. The average molecular weight is 415 g/mol. The number of hydrogen-bond acceptors (Lipinski definition) is 4. The summed E-state index contributed by atoms with van der Waals surface area (Å²) in [5.74, 6) is 0.657. The molecule has 2 aromatic heterocycles. The van der Waals surface area contributed by atoms with Gasteiger partial charge < -0.3 is 14.5 Å².